The van der Waals surface area contributed by atoms with Gasteiger partial charge < -0.3 is 9.47 Å². The minimum atomic E-state index is -0.419. The number of esters is 2. The quantitative estimate of drug-likeness (QED) is 0.746. The van der Waals surface area contributed by atoms with Crippen LogP contribution in [0.2, 0.25) is 0 Å². The number of rotatable bonds is 3. The molecule has 4 fully saturated rings. The molecule has 0 N–H and O–H groups in total. The van der Waals surface area contributed by atoms with Crippen LogP contribution in [0.4, 0.5) is 0 Å². The third-order valence-corrected chi connectivity index (χ3v) is 5.79. The minimum absolute atomic E-state index is 0.0113. The molecule has 4 heteroatoms. The fourth-order valence-electron chi connectivity index (χ4n) is 4.06. The molecule has 0 radical (unpaired) electrons. The Morgan fingerprint density at radius 1 is 1.35 bits per heavy atom. The second-order valence-electron chi connectivity index (χ2n) is 7.24. The van der Waals surface area contributed by atoms with Crippen LogP contribution in [0.25, 0.3) is 0 Å². The number of fused-ring (bicyclic) bond motifs is 2. The first-order chi connectivity index (χ1) is 9.44. The van der Waals surface area contributed by atoms with Crippen molar-refractivity contribution < 1.29 is 19.1 Å². The van der Waals surface area contributed by atoms with Gasteiger partial charge in [-0.25, -0.2) is 0 Å². The summed E-state index contributed by atoms with van der Waals surface area (Å²) in [6.45, 7) is 6.40. The fraction of sp³-hybridized carbons (Fsp3) is 0.875. The smallest absolute Gasteiger partial charge is 0.311 e. The van der Waals surface area contributed by atoms with Crippen LogP contribution >= 0.6 is 0 Å². The lowest BCUT2D eigenvalue weighted by atomic mass is 9.58. The third kappa shape index (κ3) is 2.04. The van der Waals surface area contributed by atoms with Crippen LogP contribution in [0.5, 0.6) is 0 Å². The molecule has 0 spiro atoms. The second kappa shape index (κ2) is 4.74. The zero-order valence-electron chi connectivity index (χ0n) is 12.6. The summed E-state index contributed by atoms with van der Waals surface area (Å²) in [5.41, 5.74) is -0.419. The second-order valence-corrected chi connectivity index (χ2v) is 7.24. The fourth-order valence-corrected chi connectivity index (χ4v) is 4.06. The molecule has 4 nitrogen and oxygen atoms in total. The predicted octanol–water partition coefficient (Wildman–Crippen LogP) is 2.55. The lowest BCUT2D eigenvalue weighted by molar-refractivity contribution is -0.174. The maximum atomic E-state index is 12.3. The molecule has 1 aliphatic heterocycles. The number of ether oxygens (including phenoxy) is 2. The average molecular weight is 280 g/mol. The molecule has 4 aliphatic rings. The normalized spacial score (nSPS) is 39.4. The van der Waals surface area contributed by atoms with E-state index in [9.17, 15) is 9.59 Å². The monoisotopic (exact) mass is 280 g/mol. The van der Waals surface area contributed by atoms with Gasteiger partial charge in [-0.2, -0.15) is 0 Å². The van der Waals surface area contributed by atoms with Gasteiger partial charge in [0.25, 0.3) is 0 Å². The first-order valence-corrected chi connectivity index (χ1v) is 7.81. The van der Waals surface area contributed by atoms with Crippen LogP contribution in [-0.2, 0) is 19.1 Å². The van der Waals surface area contributed by atoms with Gasteiger partial charge in [-0.05, 0) is 45.4 Å². The van der Waals surface area contributed by atoms with Crippen molar-refractivity contribution in [3.05, 3.63) is 0 Å². The highest BCUT2D eigenvalue weighted by atomic mass is 16.6. The number of hydrogen-bond acceptors (Lipinski definition) is 4. The van der Waals surface area contributed by atoms with Gasteiger partial charge in [-0.15, -0.1) is 0 Å². The van der Waals surface area contributed by atoms with Crippen molar-refractivity contribution in [2.45, 2.75) is 52.6 Å². The number of cyclic esters (lactones) is 1. The van der Waals surface area contributed by atoms with Crippen LogP contribution in [0.1, 0.15) is 46.5 Å². The van der Waals surface area contributed by atoms with E-state index in [4.69, 9.17) is 9.47 Å². The first kappa shape index (κ1) is 13.9. The Labute approximate surface area is 120 Å². The van der Waals surface area contributed by atoms with Gasteiger partial charge in [0, 0.05) is 11.8 Å². The Morgan fingerprint density at radius 2 is 2.10 bits per heavy atom. The molecule has 0 aromatic carbocycles. The van der Waals surface area contributed by atoms with Gasteiger partial charge >= 0.3 is 11.9 Å². The van der Waals surface area contributed by atoms with E-state index in [0.717, 1.165) is 25.7 Å². The largest absolute Gasteiger partial charge is 0.465 e. The molecule has 0 amide bonds. The van der Waals surface area contributed by atoms with Crippen molar-refractivity contribution in [2.75, 3.05) is 6.61 Å². The maximum absolute atomic E-state index is 12.3. The standard InChI is InChI=1S/C16H24O4/c1-4-16(2,3)15(18)20-12-7-9-5-6-10(12)11-8-19-14(17)13(9)11/h9-13H,4-8H2,1-3H3. The van der Waals surface area contributed by atoms with Gasteiger partial charge in [0.05, 0.1) is 17.9 Å². The van der Waals surface area contributed by atoms with Gasteiger partial charge in [0.2, 0.25) is 0 Å². The lowest BCUT2D eigenvalue weighted by Crippen LogP contribution is -2.50. The van der Waals surface area contributed by atoms with Crippen LogP contribution in [0.15, 0.2) is 0 Å². The van der Waals surface area contributed by atoms with E-state index >= 15 is 0 Å². The molecule has 0 aromatic heterocycles. The Bertz CT molecular complexity index is 428. The van der Waals surface area contributed by atoms with Gasteiger partial charge in [0.15, 0.2) is 0 Å². The summed E-state index contributed by atoms with van der Waals surface area (Å²) in [5.74, 6) is 0.888. The Kier molecular flexibility index (Phi) is 3.30. The Balaban J connectivity index is 1.72. The van der Waals surface area contributed by atoms with E-state index in [1.54, 1.807) is 0 Å². The molecule has 0 aromatic rings. The number of hydrogen-bond donors (Lipinski definition) is 0. The highest BCUT2D eigenvalue weighted by Crippen LogP contribution is 2.53. The van der Waals surface area contributed by atoms with E-state index < -0.39 is 5.41 Å². The first-order valence-electron chi connectivity index (χ1n) is 7.81. The Morgan fingerprint density at radius 3 is 2.80 bits per heavy atom. The molecule has 3 aliphatic carbocycles. The molecule has 1 heterocycles. The zero-order valence-corrected chi connectivity index (χ0v) is 12.6. The summed E-state index contributed by atoms with van der Waals surface area (Å²) >= 11 is 0. The molecule has 2 bridgehead atoms. The summed E-state index contributed by atoms with van der Waals surface area (Å²) in [7, 11) is 0. The van der Waals surface area contributed by atoms with Crippen LogP contribution in [0, 0.1) is 29.1 Å². The van der Waals surface area contributed by atoms with Crippen molar-refractivity contribution in [3.8, 4) is 0 Å². The van der Waals surface area contributed by atoms with Crippen LogP contribution in [0.3, 0.4) is 0 Å². The van der Waals surface area contributed by atoms with E-state index in [-0.39, 0.29) is 29.9 Å². The average Bonchev–Trinajstić information content (AvgIpc) is 2.83. The molecular formula is C16H24O4. The third-order valence-electron chi connectivity index (χ3n) is 5.79. The molecule has 5 unspecified atom stereocenters. The molecule has 112 valence electrons. The minimum Gasteiger partial charge on any atom is -0.465 e. The van der Waals surface area contributed by atoms with Crippen molar-refractivity contribution in [1.29, 1.82) is 0 Å². The van der Waals surface area contributed by atoms with E-state index in [1.807, 2.05) is 20.8 Å². The predicted molar refractivity (Wildman–Crippen MR) is 72.7 cm³/mol. The summed E-state index contributed by atoms with van der Waals surface area (Å²) in [6.07, 6.45) is 3.74. The SMILES string of the molecule is CCC(C)(C)C(=O)OC1CC2CCC1C1COC(=O)C21. The summed E-state index contributed by atoms with van der Waals surface area (Å²) in [5, 5.41) is 0. The van der Waals surface area contributed by atoms with Crippen LogP contribution < -0.4 is 0 Å². The van der Waals surface area contributed by atoms with Gasteiger partial charge in [-0.3, -0.25) is 9.59 Å². The molecule has 5 atom stereocenters. The van der Waals surface area contributed by atoms with E-state index in [1.165, 1.54) is 0 Å². The molecular weight excluding hydrogens is 256 g/mol. The van der Waals surface area contributed by atoms with Crippen molar-refractivity contribution in [3.63, 3.8) is 0 Å². The van der Waals surface area contributed by atoms with E-state index in [0.29, 0.717) is 18.4 Å². The topological polar surface area (TPSA) is 52.6 Å². The lowest BCUT2D eigenvalue weighted by Gasteiger charge is -2.47. The molecule has 1 saturated heterocycles. The maximum Gasteiger partial charge on any atom is 0.311 e. The number of carbonyl (C=O) groups excluding carboxylic acids is 2. The highest BCUT2D eigenvalue weighted by molar-refractivity contribution is 5.77. The van der Waals surface area contributed by atoms with Gasteiger partial charge in [0.1, 0.15) is 6.10 Å². The van der Waals surface area contributed by atoms with Crippen molar-refractivity contribution >= 4 is 11.9 Å². The molecule has 4 rings (SSSR count). The van der Waals surface area contributed by atoms with Crippen molar-refractivity contribution in [2.24, 2.45) is 29.1 Å². The summed E-state index contributed by atoms with van der Waals surface area (Å²) in [6, 6.07) is 0. The highest BCUT2D eigenvalue weighted by Gasteiger charge is 2.56. The van der Waals surface area contributed by atoms with E-state index in [2.05, 4.69) is 0 Å². The molecule has 20 heavy (non-hydrogen) atoms. The summed E-state index contributed by atoms with van der Waals surface area (Å²) < 4.78 is 11.1. The Hall–Kier alpha value is -1.06. The van der Waals surface area contributed by atoms with Crippen molar-refractivity contribution in [1.82, 2.24) is 0 Å². The van der Waals surface area contributed by atoms with Crippen LogP contribution in [-0.4, -0.2) is 24.6 Å². The summed E-state index contributed by atoms with van der Waals surface area (Å²) in [4.78, 5) is 24.1. The zero-order chi connectivity index (χ0) is 14.5. The van der Waals surface area contributed by atoms with Gasteiger partial charge in [-0.1, -0.05) is 6.92 Å². The molecule has 3 saturated carbocycles. The number of carbonyl (C=O) groups is 2.